The molecule has 2 N–H and O–H groups in total. The number of nitrogens with one attached hydrogen (secondary N) is 2. The smallest absolute Gasteiger partial charge is 0.254 e. The molecule has 26 heavy (non-hydrogen) atoms. The first-order chi connectivity index (χ1) is 12.7. The summed E-state index contributed by atoms with van der Waals surface area (Å²) in [4.78, 5) is 31.7. The van der Waals surface area contributed by atoms with Crippen molar-refractivity contribution in [3.05, 3.63) is 72.2 Å². The van der Waals surface area contributed by atoms with Gasteiger partial charge in [-0.15, -0.1) is 0 Å². The molecule has 128 valence electrons. The summed E-state index contributed by atoms with van der Waals surface area (Å²) in [6, 6.07) is 6.07. The molecule has 0 atom stereocenters. The SMILES string of the molecule is Cc1c(-c2cnccn2)[nH]c2ccc(CNC(=O)c3cncnc3)cc12. The maximum atomic E-state index is 12.1. The Balaban J connectivity index is 1.58. The first-order valence-electron chi connectivity index (χ1n) is 8.13. The minimum atomic E-state index is -0.197. The van der Waals surface area contributed by atoms with Crippen LogP contribution in [-0.4, -0.2) is 30.8 Å². The molecule has 4 rings (SSSR count). The van der Waals surface area contributed by atoms with Gasteiger partial charge in [0.25, 0.3) is 5.91 Å². The van der Waals surface area contributed by atoms with Gasteiger partial charge in [-0.2, -0.15) is 0 Å². The van der Waals surface area contributed by atoms with Gasteiger partial charge in [-0.05, 0) is 30.2 Å². The van der Waals surface area contributed by atoms with E-state index < -0.39 is 0 Å². The van der Waals surface area contributed by atoms with Crippen molar-refractivity contribution in [3.8, 4) is 11.4 Å². The number of aromatic amines is 1. The third-order valence-corrected chi connectivity index (χ3v) is 4.22. The summed E-state index contributed by atoms with van der Waals surface area (Å²) in [5.74, 6) is -0.197. The van der Waals surface area contributed by atoms with Crippen LogP contribution < -0.4 is 5.32 Å². The lowest BCUT2D eigenvalue weighted by atomic mass is 10.1. The summed E-state index contributed by atoms with van der Waals surface area (Å²) in [6.45, 7) is 2.47. The Kier molecular flexibility index (Phi) is 4.10. The van der Waals surface area contributed by atoms with Crippen LogP contribution >= 0.6 is 0 Å². The molecular weight excluding hydrogens is 328 g/mol. The molecule has 0 saturated carbocycles. The summed E-state index contributed by atoms with van der Waals surface area (Å²) in [5.41, 5.74) is 5.34. The molecule has 0 fully saturated rings. The van der Waals surface area contributed by atoms with Crippen molar-refractivity contribution < 1.29 is 4.79 Å². The number of amides is 1. The molecule has 3 aromatic heterocycles. The van der Waals surface area contributed by atoms with E-state index >= 15 is 0 Å². The quantitative estimate of drug-likeness (QED) is 0.593. The Labute approximate surface area is 149 Å². The lowest BCUT2D eigenvalue weighted by molar-refractivity contribution is 0.0950. The molecular formula is C19H16N6O. The molecule has 7 nitrogen and oxygen atoms in total. The number of carbonyl (C=O) groups excluding carboxylic acids is 1. The largest absolute Gasteiger partial charge is 0.353 e. The van der Waals surface area contributed by atoms with Crippen molar-refractivity contribution in [2.75, 3.05) is 0 Å². The molecule has 0 saturated heterocycles. The first kappa shape index (κ1) is 15.9. The van der Waals surface area contributed by atoms with E-state index in [-0.39, 0.29) is 5.91 Å². The third-order valence-electron chi connectivity index (χ3n) is 4.22. The Bertz CT molecular complexity index is 1060. The number of carbonyl (C=O) groups is 1. The summed E-state index contributed by atoms with van der Waals surface area (Å²) in [6.07, 6.45) is 9.45. The van der Waals surface area contributed by atoms with Gasteiger partial charge in [-0.3, -0.25) is 14.8 Å². The number of hydrogen-bond acceptors (Lipinski definition) is 5. The van der Waals surface area contributed by atoms with E-state index in [0.29, 0.717) is 12.1 Å². The molecule has 3 heterocycles. The number of nitrogens with zero attached hydrogens (tertiary/aromatic N) is 4. The highest BCUT2D eigenvalue weighted by molar-refractivity contribution is 5.94. The van der Waals surface area contributed by atoms with Crippen LogP contribution in [0.4, 0.5) is 0 Å². The zero-order valence-electron chi connectivity index (χ0n) is 14.1. The zero-order valence-corrected chi connectivity index (χ0v) is 14.1. The van der Waals surface area contributed by atoms with Gasteiger partial charge in [0.15, 0.2) is 0 Å². The van der Waals surface area contributed by atoms with Crippen molar-refractivity contribution in [2.24, 2.45) is 0 Å². The molecule has 0 aliphatic heterocycles. The van der Waals surface area contributed by atoms with Crippen LogP contribution in [0.2, 0.25) is 0 Å². The monoisotopic (exact) mass is 344 g/mol. The van der Waals surface area contributed by atoms with Crippen molar-refractivity contribution in [3.63, 3.8) is 0 Å². The minimum absolute atomic E-state index is 0.197. The summed E-state index contributed by atoms with van der Waals surface area (Å²) < 4.78 is 0. The number of rotatable bonds is 4. The average molecular weight is 344 g/mol. The molecule has 0 aliphatic rings. The minimum Gasteiger partial charge on any atom is -0.353 e. The maximum absolute atomic E-state index is 12.1. The zero-order chi connectivity index (χ0) is 17.9. The van der Waals surface area contributed by atoms with Crippen LogP contribution in [0.3, 0.4) is 0 Å². The van der Waals surface area contributed by atoms with E-state index in [4.69, 9.17) is 0 Å². The molecule has 1 amide bonds. The molecule has 7 heteroatoms. The second kappa shape index (κ2) is 6.72. The predicted molar refractivity (Wildman–Crippen MR) is 97.3 cm³/mol. The number of H-pyrrole nitrogens is 1. The van der Waals surface area contributed by atoms with E-state index in [1.54, 1.807) is 18.6 Å². The van der Waals surface area contributed by atoms with E-state index in [9.17, 15) is 4.79 Å². The summed E-state index contributed by atoms with van der Waals surface area (Å²) >= 11 is 0. The molecule has 0 spiro atoms. The van der Waals surface area contributed by atoms with Gasteiger partial charge < -0.3 is 10.3 Å². The fourth-order valence-electron chi connectivity index (χ4n) is 2.87. The maximum Gasteiger partial charge on any atom is 0.254 e. The van der Waals surface area contributed by atoms with Crippen molar-refractivity contribution in [1.82, 2.24) is 30.2 Å². The van der Waals surface area contributed by atoms with Crippen molar-refractivity contribution in [2.45, 2.75) is 13.5 Å². The van der Waals surface area contributed by atoms with Crippen LogP contribution in [0.15, 0.2) is 55.5 Å². The van der Waals surface area contributed by atoms with Crippen LogP contribution in [0.5, 0.6) is 0 Å². The summed E-state index contributed by atoms with van der Waals surface area (Å²) in [5, 5.41) is 3.98. The van der Waals surface area contributed by atoms with Gasteiger partial charge in [-0.25, -0.2) is 9.97 Å². The van der Waals surface area contributed by atoms with Crippen molar-refractivity contribution >= 4 is 16.8 Å². The highest BCUT2D eigenvalue weighted by Gasteiger charge is 2.12. The fraction of sp³-hybridized carbons (Fsp3) is 0.105. The van der Waals surface area contributed by atoms with E-state index in [2.05, 4.69) is 36.3 Å². The van der Waals surface area contributed by atoms with Gasteiger partial charge >= 0.3 is 0 Å². The van der Waals surface area contributed by atoms with Gasteiger partial charge in [-0.1, -0.05) is 6.07 Å². The first-order valence-corrected chi connectivity index (χ1v) is 8.13. The Morgan fingerprint density at radius 1 is 1.12 bits per heavy atom. The van der Waals surface area contributed by atoms with Crippen molar-refractivity contribution in [1.29, 1.82) is 0 Å². The van der Waals surface area contributed by atoms with Gasteiger partial charge in [0.05, 0.1) is 17.5 Å². The second-order valence-electron chi connectivity index (χ2n) is 5.91. The lowest BCUT2D eigenvalue weighted by Crippen LogP contribution is -2.23. The molecule has 0 radical (unpaired) electrons. The number of aromatic nitrogens is 5. The second-order valence-corrected chi connectivity index (χ2v) is 5.91. The third kappa shape index (κ3) is 3.02. The van der Waals surface area contributed by atoms with E-state index in [0.717, 1.165) is 33.4 Å². The normalized spacial score (nSPS) is 10.8. The average Bonchev–Trinajstić information content (AvgIpc) is 3.03. The molecule has 0 bridgehead atoms. The Morgan fingerprint density at radius 2 is 1.96 bits per heavy atom. The van der Waals surface area contributed by atoms with Crippen LogP contribution in [0, 0.1) is 6.92 Å². The molecule has 1 aromatic carbocycles. The van der Waals surface area contributed by atoms with Gasteiger partial charge in [0, 0.05) is 42.2 Å². The van der Waals surface area contributed by atoms with Gasteiger partial charge in [0.2, 0.25) is 0 Å². The predicted octanol–water partition coefficient (Wildman–Crippen LogP) is 2.65. The highest BCUT2D eigenvalue weighted by Crippen LogP contribution is 2.28. The van der Waals surface area contributed by atoms with E-state index in [1.807, 2.05) is 19.1 Å². The molecule has 0 unspecified atom stereocenters. The topological polar surface area (TPSA) is 96.5 Å². The van der Waals surface area contributed by atoms with Crippen LogP contribution in [0.1, 0.15) is 21.5 Å². The highest BCUT2D eigenvalue weighted by atomic mass is 16.1. The number of benzene rings is 1. The summed E-state index contributed by atoms with van der Waals surface area (Å²) in [7, 11) is 0. The van der Waals surface area contributed by atoms with Crippen LogP contribution in [-0.2, 0) is 6.54 Å². The molecule has 0 aliphatic carbocycles. The Morgan fingerprint density at radius 3 is 2.73 bits per heavy atom. The lowest BCUT2D eigenvalue weighted by Gasteiger charge is -2.05. The number of hydrogen-bond donors (Lipinski definition) is 2. The van der Waals surface area contributed by atoms with Crippen LogP contribution in [0.25, 0.3) is 22.3 Å². The van der Waals surface area contributed by atoms with Gasteiger partial charge in [0.1, 0.15) is 12.0 Å². The number of aryl methyl sites for hydroxylation is 1. The Hall–Kier alpha value is -3.61. The standard InChI is InChI=1S/C19H16N6O/c1-12-15-6-13(7-24-19(26)14-8-21-11-22-9-14)2-3-16(15)25-18(12)17-10-20-4-5-23-17/h2-6,8-11,25H,7H2,1H3,(H,24,26). The van der Waals surface area contributed by atoms with E-state index in [1.165, 1.54) is 18.7 Å². The molecule has 4 aromatic rings. The number of fused-ring (bicyclic) bond motifs is 1. The fourth-order valence-corrected chi connectivity index (χ4v) is 2.87.